The van der Waals surface area contributed by atoms with Gasteiger partial charge in [0.25, 0.3) is 0 Å². The summed E-state index contributed by atoms with van der Waals surface area (Å²) >= 11 is 0. The first-order valence-corrected chi connectivity index (χ1v) is 9.92. The lowest BCUT2D eigenvalue weighted by atomic mass is 10.2. The Morgan fingerprint density at radius 3 is 2.40 bits per heavy atom. The van der Waals surface area contributed by atoms with E-state index >= 15 is 0 Å². The van der Waals surface area contributed by atoms with Crippen LogP contribution in [0.15, 0.2) is 47.5 Å². The van der Waals surface area contributed by atoms with Gasteiger partial charge < -0.3 is 30.1 Å². The molecular formula is C22H31IN4O3. The molecule has 30 heavy (non-hydrogen) atoms. The van der Waals surface area contributed by atoms with Crippen LogP contribution in [0.3, 0.4) is 0 Å². The van der Waals surface area contributed by atoms with Crippen molar-refractivity contribution in [3.05, 3.63) is 48.0 Å². The fourth-order valence-corrected chi connectivity index (χ4v) is 3.37. The van der Waals surface area contributed by atoms with Gasteiger partial charge in [-0.05, 0) is 31.0 Å². The molecule has 1 saturated heterocycles. The van der Waals surface area contributed by atoms with Crippen molar-refractivity contribution in [2.75, 3.05) is 38.8 Å². The van der Waals surface area contributed by atoms with E-state index in [1.807, 2.05) is 30.3 Å². The van der Waals surface area contributed by atoms with Crippen molar-refractivity contribution in [2.24, 2.45) is 4.99 Å². The highest BCUT2D eigenvalue weighted by Crippen LogP contribution is 2.30. The number of aromatic hydroxyl groups is 1. The average molecular weight is 526 g/mol. The first-order valence-electron chi connectivity index (χ1n) is 9.92. The molecule has 0 aliphatic carbocycles. The molecule has 0 bridgehead atoms. The van der Waals surface area contributed by atoms with E-state index < -0.39 is 0 Å². The third-order valence-electron chi connectivity index (χ3n) is 4.93. The number of ether oxygens (including phenoxy) is 2. The minimum atomic E-state index is 0. The second-order valence-corrected chi connectivity index (χ2v) is 7.01. The molecule has 1 heterocycles. The second-order valence-electron chi connectivity index (χ2n) is 7.01. The van der Waals surface area contributed by atoms with Gasteiger partial charge in [-0.3, -0.25) is 0 Å². The van der Waals surface area contributed by atoms with Crippen molar-refractivity contribution in [1.29, 1.82) is 0 Å². The van der Waals surface area contributed by atoms with E-state index in [1.165, 1.54) is 0 Å². The summed E-state index contributed by atoms with van der Waals surface area (Å²) in [6, 6.07) is 13.4. The Morgan fingerprint density at radius 1 is 1.13 bits per heavy atom. The Morgan fingerprint density at radius 2 is 1.80 bits per heavy atom. The zero-order valence-corrected chi connectivity index (χ0v) is 20.1. The molecule has 1 aliphatic heterocycles. The lowest BCUT2D eigenvalue weighted by Gasteiger charge is -2.21. The molecule has 7 nitrogen and oxygen atoms in total. The lowest BCUT2D eigenvalue weighted by molar-refractivity contribution is 0.394. The molecule has 164 valence electrons. The molecule has 0 aromatic heterocycles. The molecule has 2 aromatic carbocycles. The van der Waals surface area contributed by atoms with Gasteiger partial charge >= 0.3 is 0 Å². The first-order chi connectivity index (χ1) is 14.1. The van der Waals surface area contributed by atoms with Gasteiger partial charge in [0.05, 0.1) is 20.8 Å². The Labute approximate surface area is 195 Å². The van der Waals surface area contributed by atoms with Crippen LogP contribution < -0.4 is 25.0 Å². The van der Waals surface area contributed by atoms with E-state index in [0.717, 1.165) is 54.8 Å². The van der Waals surface area contributed by atoms with Crippen LogP contribution >= 0.6 is 24.0 Å². The van der Waals surface area contributed by atoms with Gasteiger partial charge in [0.1, 0.15) is 17.2 Å². The number of hydrogen-bond donors (Lipinski definition) is 3. The topological polar surface area (TPSA) is 78.4 Å². The fraction of sp³-hybridized carbons (Fsp3) is 0.409. The van der Waals surface area contributed by atoms with Gasteiger partial charge in [-0.2, -0.15) is 0 Å². The normalized spacial score (nSPS) is 16.0. The average Bonchev–Trinajstić information content (AvgIpc) is 3.21. The van der Waals surface area contributed by atoms with Gasteiger partial charge in [-0.15, -0.1) is 24.0 Å². The number of anilines is 1. The molecule has 1 aliphatic rings. The molecule has 1 unspecified atom stereocenters. The summed E-state index contributed by atoms with van der Waals surface area (Å²) in [5, 5.41) is 16.3. The molecule has 0 spiro atoms. The molecule has 0 radical (unpaired) electrons. The van der Waals surface area contributed by atoms with Crippen molar-refractivity contribution in [2.45, 2.75) is 25.9 Å². The number of hydrogen-bond acceptors (Lipinski definition) is 5. The first kappa shape index (κ1) is 23.9. The minimum Gasteiger partial charge on any atom is -0.508 e. The van der Waals surface area contributed by atoms with E-state index in [2.05, 4.69) is 27.4 Å². The summed E-state index contributed by atoms with van der Waals surface area (Å²) < 4.78 is 10.8. The highest BCUT2D eigenvalue weighted by atomic mass is 127. The van der Waals surface area contributed by atoms with Crippen molar-refractivity contribution in [1.82, 2.24) is 10.6 Å². The maximum absolute atomic E-state index is 9.41. The molecule has 1 fully saturated rings. The SMILES string of the molecule is CCNC(=NCc1ccc(O)cc1)NC1CCN(c2cc(OC)cc(OC)c2)C1.I. The van der Waals surface area contributed by atoms with E-state index in [4.69, 9.17) is 9.47 Å². The van der Waals surface area contributed by atoms with Crippen LogP contribution in [0.4, 0.5) is 5.69 Å². The maximum atomic E-state index is 9.41. The van der Waals surface area contributed by atoms with Crippen LogP contribution in [0, 0.1) is 0 Å². The number of nitrogens with zero attached hydrogens (tertiary/aromatic N) is 2. The number of halogens is 1. The van der Waals surface area contributed by atoms with Gasteiger partial charge in [-0.1, -0.05) is 12.1 Å². The number of rotatable bonds is 7. The minimum absolute atomic E-state index is 0. The van der Waals surface area contributed by atoms with Gasteiger partial charge in [0.15, 0.2) is 5.96 Å². The Kier molecular flexibility index (Phi) is 9.35. The van der Waals surface area contributed by atoms with Crippen LogP contribution in [-0.2, 0) is 6.54 Å². The molecule has 0 amide bonds. The molecule has 3 rings (SSSR count). The van der Waals surface area contributed by atoms with Crippen LogP contribution in [0.5, 0.6) is 17.2 Å². The Balaban J connectivity index is 0.00000320. The van der Waals surface area contributed by atoms with Crippen molar-refractivity contribution in [3.8, 4) is 17.2 Å². The summed E-state index contributed by atoms with van der Waals surface area (Å²) in [7, 11) is 3.33. The number of methoxy groups -OCH3 is 2. The Bertz CT molecular complexity index is 807. The third kappa shape index (κ3) is 6.58. The predicted molar refractivity (Wildman–Crippen MR) is 132 cm³/mol. The fourth-order valence-electron chi connectivity index (χ4n) is 3.37. The number of phenols is 1. The quantitative estimate of drug-likeness (QED) is 0.292. The van der Waals surface area contributed by atoms with Crippen LogP contribution in [0.25, 0.3) is 0 Å². The molecule has 3 N–H and O–H groups in total. The summed E-state index contributed by atoms with van der Waals surface area (Å²) in [5.41, 5.74) is 2.15. The van der Waals surface area contributed by atoms with Gasteiger partial charge in [0.2, 0.25) is 0 Å². The monoisotopic (exact) mass is 526 g/mol. The highest BCUT2D eigenvalue weighted by Gasteiger charge is 2.24. The Hall–Kier alpha value is -2.36. The number of benzene rings is 2. The maximum Gasteiger partial charge on any atom is 0.191 e. The van der Waals surface area contributed by atoms with E-state index in [9.17, 15) is 5.11 Å². The lowest BCUT2D eigenvalue weighted by Crippen LogP contribution is -2.44. The zero-order chi connectivity index (χ0) is 20.6. The van der Waals surface area contributed by atoms with E-state index in [-0.39, 0.29) is 29.7 Å². The number of nitrogens with one attached hydrogen (secondary N) is 2. The second kappa shape index (κ2) is 11.7. The standard InChI is InChI=1S/C22H30N4O3.HI/c1-4-23-22(24-14-16-5-7-19(27)8-6-16)25-17-9-10-26(15-17)18-11-20(28-2)13-21(12-18)29-3;/h5-8,11-13,17,27H,4,9-10,14-15H2,1-3H3,(H2,23,24,25);1H. The summed E-state index contributed by atoms with van der Waals surface area (Å²) in [6.45, 7) is 5.23. The summed E-state index contributed by atoms with van der Waals surface area (Å²) in [5.74, 6) is 2.65. The van der Waals surface area contributed by atoms with Crippen molar-refractivity contribution < 1.29 is 14.6 Å². The molecule has 0 saturated carbocycles. The number of aliphatic imine (C=N–C) groups is 1. The van der Waals surface area contributed by atoms with Crippen molar-refractivity contribution in [3.63, 3.8) is 0 Å². The molecular weight excluding hydrogens is 495 g/mol. The summed E-state index contributed by atoms with van der Waals surface area (Å²) in [4.78, 5) is 7.01. The number of phenolic OH excluding ortho intramolecular Hbond substituents is 1. The highest BCUT2D eigenvalue weighted by molar-refractivity contribution is 14.0. The van der Waals surface area contributed by atoms with E-state index in [0.29, 0.717) is 12.6 Å². The van der Waals surface area contributed by atoms with Crippen molar-refractivity contribution >= 4 is 35.6 Å². The summed E-state index contributed by atoms with van der Waals surface area (Å²) in [6.07, 6.45) is 1.02. The van der Waals surface area contributed by atoms with Gasteiger partial charge in [-0.25, -0.2) is 4.99 Å². The smallest absolute Gasteiger partial charge is 0.191 e. The molecule has 1 atom stereocenters. The molecule has 2 aromatic rings. The van der Waals surface area contributed by atoms with Crippen LogP contribution in [0.1, 0.15) is 18.9 Å². The van der Waals surface area contributed by atoms with Gasteiger partial charge in [0, 0.05) is 49.6 Å². The largest absolute Gasteiger partial charge is 0.508 e. The predicted octanol–water partition coefficient (Wildman–Crippen LogP) is 3.36. The van der Waals surface area contributed by atoms with Crippen LogP contribution in [0.2, 0.25) is 0 Å². The third-order valence-corrected chi connectivity index (χ3v) is 4.93. The van der Waals surface area contributed by atoms with Crippen LogP contribution in [-0.4, -0.2) is 51.0 Å². The molecule has 8 heteroatoms. The number of guanidine groups is 1. The van der Waals surface area contributed by atoms with E-state index in [1.54, 1.807) is 26.4 Å². The zero-order valence-electron chi connectivity index (χ0n) is 17.7.